The lowest BCUT2D eigenvalue weighted by Crippen LogP contribution is -2.07. The quantitative estimate of drug-likeness (QED) is 0.710. The van der Waals surface area contributed by atoms with E-state index in [0.717, 1.165) is 16.1 Å². The molecule has 1 heterocycles. The summed E-state index contributed by atoms with van der Waals surface area (Å²) in [7, 11) is 0. The van der Waals surface area contributed by atoms with Gasteiger partial charge in [0.1, 0.15) is 5.01 Å². The van der Waals surface area contributed by atoms with Gasteiger partial charge >= 0.3 is 0 Å². The molecule has 0 saturated carbocycles. The maximum atomic E-state index is 11.9. The Kier molecular flexibility index (Phi) is 4.80. The maximum absolute atomic E-state index is 11.9. The summed E-state index contributed by atoms with van der Waals surface area (Å²) >= 11 is 7.36. The van der Waals surface area contributed by atoms with Crippen LogP contribution in [-0.4, -0.2) is 16.1 Å². The lowest BCUT2D eigenvalue weighted by atomic mass is 10.2. The van der Waals surface area contributed by atoms with Gasteiger partial charge in [-0.15, -0.1) is 10.2 Å². The van der Waals surface area contributed by atoms with Crippen LogP contribution in [-0.2, 0) is 4.79 Å². The van der Waals surface area contributed by atoms with E-state index in [9.17, 15) is 4.79 Å². The number of aromatic nitrogens is 2. The summed E-state index contributed by atoms with van der Waals surface area (Å²) in [5, 5.41) is 12.6. The predicted molar refractivity (Wildman–Crippen MR) is 94.5 cm³/mol. The highest BCUT2D eigenvalue weighted by Gasteiger charge is 2.07. The average molecular weight is 342 g/mol. The van der Waals surface area contributed by atoms with Crippen molar-refractivity contribution in [2.75, 3.05) is 5.32 Å². The number of halogens is 1. The van der Waals surface area contributed by atoms with E-state index < -0.39 is 0 Å². The number of nitrogens with one attached hydrogen (secondary N) is 1. The molecule has 0 aliphatic rings. The third-order valence-corrected chi connectivity index (χ3v) is 4.23. The van der Waals surface area contributed by atoms with Crippen molar-refractivity contribution in [2.24, 2.45) is 0 Å². The van der Waals surface area contributed by atoms with E-state index in [2.05, 4.69) is 15.5 Å². The largest absolute Gasteiger partial charge is 0.297 e. The fourth-order valence-corrected chi connectivity index (χ4v) is 2.84. The molecular formula is C17H12ClN3OS. The molecule has 0 unspecified atom stereocenters. The number of rotatable bonds is 4. The molecule has 1 N–H and O–H groups in total. The first-order chi connectivity index (χ1) is 11.2. The second-order valence-electron chi connectivity index (χ2n) is 4.62. The number of hydrogen-bond acceptors (Lipinski definition) is 4. The Hall–Kier alpha value is -2.50. The van der Waals surface area contributed by atoms with Crippen LogP contribution in [0.4, 0.5) is 5.13 Å². The van der Waals surface area contributed by atoms with Crippen molar-refractivity contribution in [3.05, 3.63) is 71.3 Å². The first-order valence-corrected chi connectivity index (χ1v) is 8.04. The van der Waals surface area contributed by atoms with Crippen LogP contribution >= 0.6 is 22.9 Å². The molecular weight excluding hydrogens is 330 g/mol. The molecule has 6 heteroatoms. The van der Waals surface area contributed by atoms with Crippen molar-refractivity contribution in [3.63, 3.8) is 0 Å². The smallest absolute Gasteiger partial charge is 0.250 e. The minimum atomic E-state index is -0.277. The number of benzene rings is 2. The number of amides is 1. The van der Waals surface area contributed by atoms with Gasteiger partial charge in [-0.1, -0.05) is 71.5 Å². The lowest BCUT2D eigenvalue weighted by molar-refractivity contribution is -0.111. The molecule has 23 heavy (non-hydrogen) atoms. The second-order valence-corrected chi connectivity index (χ2v) is 6.01. The highest BCUT2D eigenvalue weighted by Crippen LogP contribution is 2.25. The SMILES string of the molecule is O=C(/C=C/c1ccccc1Cl)Nc1nnc(-c2ccccc2)s1. The Labute approximate surface area is 142 Å². The summed E-state index contributed by atoms with van der Waals surface area (Å²) < 4.78 is 0. The van der Waals surface area contributed by atoms with Gasteiger partial charge in [0.25, 0.3) is 0 Å². The van der Waals surface area contributed by atoms with Crippen LogP contribution in [0.2, 0.25) is 5.02 Å². The summed E-state index contributed by atoms with van der Waals surface area (Å²) in [4.78, 5) is 11.9. The van der Waals surface area contributed by atoms with E-state index in [4.69, 9.17) is 11.6 Å². The fraction of sp³-hybridized carbons (Fsp3) is 0. The molecule has 1 amide bonds. The van der Waals surface area contributed by atoms with Gasteiger partial charge in [-0.2, -0.15) is 0 Å². The second kappa shape index (κ2) is 7.17. The van der Waals surface area contributed by atoms with Crippen LogP contribution in [0.1, 0.15) is 5.56 Å². The van der Waals surface area contributed by atoms with Crippen LogP contribution in [0.25, 0.3) is 16.6 Å². The van der Waals surface area contributed by atoms with Gasteiger partial charge in [-0.3, -0.25) is 10.1 Å². The summed E-state index contributed by atoms with van der Waals surface area (Å²) in [5.41, 5.74) is 1.75. The zero-order valence-electron chi connectivity index (χ0n) is 11.9. The molecule has 3 rings (SSSR count). The number of nitrogens with zero attached hydrogens (tertiary/aromatic N) is 2. The van der Waals surface area contributed by atoms with Crippen molar-refractivity contribution >= 4 is 40.1 Å². The minimum Gasteiger partial charge on any atom is -0.297 e. The van der Waals surface area contributed by atoms with Crippen molar-refractivity contribution in [1.82, 2.24) is 10.2 Å². The fourth-order valence-electron chi connectivity index (χ4n) is 1.89. The molecule has 0 radical (unpaired) electrons. The Balaban J connectivity index is 1.67. The molecule has 4 nitrogen and oxygen atoms in total. The molecule has 0 fully saturated rings. The first kappa shape index (κ1) is 15.4. The number of carbonyl (C=O) groups is 1. The van der Waals surface area contributed by atoms with E-state index in [-0.39, 0.29) is 5.91 Å². The molecule has 114 valence electrons. The molecule has 1 aromatic heterocycles. The summed E-state index contributed by atoms with van der Waals surface area (Å²) in [6.07, 6.45) is 3.08. The Morgan fingerprint density at radius 1 is 1.04 bits per heavy atom. The number of hydrogen-bond donors (Lipinski definition) is 1. The monoisotopic (exact) mass is 341 g/mol. The first-order valence-electron chi connectivity index (χ1n) is 6.85. The molecule has 0 saturated heterocycles. The topological polar surface area (TPSA) is 54.9 Å². The average Bonchev–Trinajstić information content (AvgIpc) is 3.03. The van der Waals surface area contributed by atoms with E-state index in [1.54, 1.807) is 12.1 Å². The van der Waals surface area contributed by atoms with Crippen LogP contribution in [0, 0.1) is 0 Å². The maximum Gasteiger partial charge on any atom is 0.250 e. The third kappa shape index (κ3) is 4.03. The Bertz CT molecular complexity index is 846. The van der Waals surface area contributed by atoms with Gasteiger partial charge in [0.15, 0.2) is 0 Å². The highest BCUT2D eigenvalue weighted by atomic mass is 35.5. The van der Waals surface area contributed by atoms with E-state index in [0.29, 0.717) is 10.2 Å². The third-order valence-electron chi connectivity index (χ3n) is 3.00. The summed E-state index contributed by atoms with van der Waals surface area (Å²) in [6, 6.07) is 17.0. The van der Waals surface area contributed by atoms with Crippen LogP contribution in [0.5, 0.6) is 0 Å². The van der Waals surface area contributed by atoms with Crippen molar-refractivity contribution in [3.8, 4) is 10.6 Å². The van der Waals surface area contributed by atoms with Gasteiger partial charge in [-0.05, 0) is 17.7 Å². The van der Waals surface area contributed by atoms with Crippen molar-refractivity contribution in [2.45, 2.75) is 0 Å². The van der Waals surface area contributed by atoms with Gasteiger partial charge in [0.2, 0.25) is 11.0 Å². The van der Waals surface area contributed by atoms with Crippen LogP contribution in [0.15, 0.2) is 60.7 Å². The molecule has 0 bridgehead atoms. The zero-order valence-corrected chi connectivity index (χ0v) is 13.5. The standard InChI is InChI=1S/C17H12ClN3OS/c18-14-9-5-4-6-12(14)10-11-15(22)19-17-21-20-16(23-17)13-7-2-1-3-8-13/h1-11H,(H,19,21,22)/b11-10+. The van der Waals surface area contributed by atoms with Crippen molar-refractivity contribution in [1.29, 1.82) is 0 Å². The normalized spacial score (nSPS) is 10.8. The summed E-state index contributed by atoms with van der Waals surface area (Å²) in [6.45, 7) is 0. The van der Waals surface area contributed by atoms with Gasteiger partial charge in [0.05, 0.1) is 0 Å². The molecule has 3 aromatic rings. The molecule has 2 aromatic carbocycles. The molecule has 0 aliphatic carbocycles. The Morgan fingerprint density at radius 2 is 1.78 bits per heavy atom. The Morgan fingerprint density at radius 3 is 2.57 bits per heavy atom. The van der Waals surface area contributed by atoms with Crippen LogP contribution < -0.4 is 5.32 Å². The van der Waals surface area contributed by atoms with Gasteiger partial charge < -0.3 is 0 Å². The minimum absolute atomic E-state index is 0.277. The highest BCUT2D eigenvalue weighted by molar-refractivity contribution is 7.18. The summed E-state index contributed by atoms with van der Waals surface area (Å²) in [5.74, 6) is -0.277. The van der Waals surface area contributed by atoms with Crippen LogP contribution in [0.3, 0.4) is 0 Å². The van der Waals surface area contributed by atoms with E-state index in [1.165, 1.54) is 17.4 Å². The zero-order chi connectivity index (χ0) is 16.1. The van der Waals surface area contributed by atoms with Gasteiger partial charge in [0, 0.05) is 16.7 Å². The molecule has 0 spiro atoms. The van der Waals surface area contributed by atoms with Gasteiger partial charge in [-0.25, -0.2) is 0 Å². The van der Waals surface area contributed by atoms with E-state index in [1.807, 2.05) is 48.5 Å². The molecule has 0 atom stereocenters. The molecule has 0 aliphatic heterocycles. The predicted octanol–water partition coefficient (Wildman–Crippen LogP) is 4.51. The van der Waals surface area contributed by atoms with Crippen molar-refractivity contribution < 1.29 is 4.79 Å². The number of carbonyl (C=O) groups excluding carboxylic acids is 1. The lowest BCUT2D eigenvalue weighted by Gasteiger charge is -1.97. The number of anilines is 1. The van der Waals surface area contributed by atoms with E-state index >= 15 is 0 Å².